The van der Waals surface area contributed by atoms with Gasteiger partial charge in [0.15, 0.2) is 5.69 Å². The summed E-state index contributed by atoms with van der Waals surface area (Å²) in [6.45, 7) is 6.13. The fourth-order valence-electron chi connectivity index (χ4n) is 3.36. The largest absolute Gasteiger partial charge is 0.361 e. The monoisotopic (exact) mass is 355 g/mol. The second-order valence-corrected chi connectivity index (χ2v) is 7.41. The summed E-state index contributed by atoms with van der Waals surface area (Å²) in [5, 5.41) is 7.47. The Kier molecular flexibility index (Phi) is 4.55. The third-order valence-corrected chi connectivity index (χ3v) is 5.69. The number of aryl methyl sites for hydroxylation is 1. The van der Waals surface area contributed by atoms with Crippen molar-refractivity contribution in [1.82, 2.24) is 15.0 Å². The van der Waals surface area contributed by atoms with Crippen molar-refractivity contribution in [3.63, 3.8) is 0 Å². The van der Waals surface area contributed by atoms with Crippen LogP contribution in [-0.4, -0.2) is 47.0 Å². The van der Waals surface area contributed by atoms with E-state index < -0.39 is 0 Å². The van der Waals surface area contributed by atoms with Gasteiger partial charge in [0.2, 0.25) is 0 Å². The van der Waals surface area contributed by atoms with Crippen LogP contribution in [0.4, 0.5) is 0 Å². The molecule has 2 aromatic heterocycles. The number of aromatic nitrogens is 1. The molecule has 4 rings (SSSR count). The molecule has 0 atom stereocenters. The fraction of sp³-hybridized carbons (Fsp3) is 0.368. The maximum atomic E-state index is 12.6. The zero-order valence-electron chi connectivity index (χ0n) is 14.3. The quantitative estimate of drug-likeness (QED) is 0.721. The van der Waals surface area contributed by atoms with Crippen molar-refractivity contribution in [2.45, 2.75) is 19.9 Å². The molecule has 1 amide bonds. The van der Waals surface area contributed by atoms with Crippen LogP contribution >= 0.6 is 11.3 Å². The molecular weight excluding hydrogens is 334 g/mol. The van der Waals surface area contributed by atoms with E-state index in [-0.39, 0.29) is 5.91 Å². The van der Waals surface area contributed by atoms with Gasteiger partial charge in [0.25, 0.3) is 5.91 Å². The predicted octanol–water partition coefficient (Wildman–Crippen LogP) is 3.55. The SMILES string of the molecule is Cc1cc(C(=O)N2CCCN(Cc3csc4ccccc34)CC2)no1. The summed E-state index contributed by atoms with van der Waals surface area (Å²) in [4.78, 5) is 16.9. The van der Waals surface area contributed by atoms with Gasteiger partial charge < -0.3 is 9.42 Å². The summed E-state index contributed by atoms with van der Waals surface area (Å²) >= 11 is 1.80. The maximum absolute atomic E-state index is 12.6. The Balaban J connectivity index is 1.42. The van der Waals surface area contributed by atoms with Crippen LogP contribution in [0.15, 0.2) is 40.2 Å². The minimum Gasteiger partial charge on any atom is -0.361 e. The van der Waals surface area contributed by atoms with E-state index in [9.17, 15) is 4.79 Å². The average Bonchev–Trinajstić information content (AvgIpc) is 3.16. The zero-order valence-corrected chi connectivity index (χ0v) is 15.1. The number of thiophene rings is 1. The highest BCUT2D eigenvalue weighted by Gasteiger charge is 2.23. The van der Waals surface area contributed by atoms with E-state index in [1.165, 1.54) is 15.6 Å². The lowest BCUT2D eigenvalue weighted by molar-refractivity contribution is 0.0750. The van der Waals surface area contributed by atoms with Crippen LogP contribution in [0.3, 0.4) is 0 Å². The number of carbonyl (C=O) groups excluding carboxylic acids is 1. The summed E-state index contributed by atoms with van der Waals surface area (Å²) in [6.07, 6.45) is 0.977. The van der Waals surface area contributed by atoms with E-state index in [4.69, 9.17) is 4.52 Å². The first-order chi connectivity index (χ1) is 12.2. The Morgan fingerprint density at radius 1 is 1.24 bits per heavy atom. The van der Waals surface area contributed by atoms with Crippen LogP contribution in [0.5, 0.6) is 0 Å². The third-order valence-electron chi connectivity index (χ3n) is 4.68. The van der Waals surface area contributed by atoms with Gasteiger partial charge in [-0.25, -0.2) is 0 Å². The zero-order chi connectivity index (χ0) is 17.2. The molecule has 5 nitrogen and oxygen atoms in total. The molecule has 6 heteroatoms. The van der Waals surface area contributed by atoms with Crippen LogP contribution in [0.1, 0.15) is 28.2 Å². The van der Waals surface area contributed by atoms with Crippen molar-refractivity contribution in [2.24, 2.45) is 0 Å². The highest BCUT2D eigenvalue weighted by atomic mass is 32.1. The number of benzene rings is 1. The summed E-state index contributed by atoms with van der Waals surface area (Å²) in [7, 11) is 0. The van der Waals surface area contributed by atoms with Crippen molar-refractivity contribution in [3.8, 4) is 0 Å². The third kappa shape index (κ3) is 3.45. The van der Waals surface area contributed by atoms with Gasteiger partial charge in [-0.15, -0.1) is 11.3 Å². The van der Waals surface area contributed by atoms with E-state index in [0.717, 1.165) is 39.1 Å². The van der Waals surface area contributed by atoms with Crippen molar-refractivity contribution in [1.29, 1.82) is 0 Å². The van der Waals surface area contributed by atoms with Gasteiger partial charge in [-0.3, -0.25) is 9.69 Å². The highest BCUT2D eigenvalue weighted by molar-refractivity contribution is 7.17. The molecule has 0 spiro atoms. The maximum Gasteiger partial charge on any atom is 0.276 e. The van der Waals surface area contributed by atoms with Gasteiger partial charge in [0.1, 0.15) is 5.76 Å². The van der Waals surface area contributed by atoms with Gasteiger partial charge >= 0.3 is 0 Å². The van der Waals surface area contributed by atoms with Crippen molar-refractivity contribution in [2.75, 3.05) is 26.2 Å². The Hall–Kier alpha value is -2.18. The van der Waals surface area contributed by atoms with Crippen LogP contribution in [0, 0.1) is 6.92 Å². The molecular formula is C19H21N3O2S. The molecule has 0 N–H and O–H groups in total. The number of nitrogens with zero attached hydrogens (tertiary/aromatic N) is 3. The first kappa shape index (κ1) is 16.3. The minimum absolute atomic E-state index is 0.0281. The molecule has 3 aromatic rings. The molecule has 25 heavy (non-hydrogen) atoms. The van der Waals surface area contributed by atoms with Gasteiger partial charge in [-0.2, -0.15) is 0 Å². The number of fused-ring (bicyclic) bond motifs is 1. The Morgan fingerprint density at radius 3 is 2.96 bits per heavy atom. The number of hydrogen-bond donors (Lipinski definition) is 0. The van der Waals surface area contributed by atoms with Crippen LogP contribution in [0.2, 0.25) is 0 Å². The molecule has 0 aliphatic carbocycles. The second kappa shape index (κ2) is 6.98. The summed E-state index contributed by atoms with van der Waals surface area (Å²) in [6, 6.07) is 10.3. The number of amides is 1. The Morgan fingerprint density at radius 2 is 2.12 bits per heavy atom. The lowest BCUT2D eigenvalue weighted by Crippen LogP contribution is -2.35. The second-order valence-electron chi connectivity index (χ2n) is 6.50. The van der Waals surface area contributed by atoms with Gasteiger partial charge in [-0.1, -0.05) is 23.4 Å². The van der Waals surface area contributed by atoms with E-state index in [0.29, 0.717) is 11.5 Å². The lowest BCUT2D eigenvalue weighted by atomic mass is 10.1. The van der Waals surface area contributed by atoms with Crippen molar-refractivity contribution >= 4 is 27.3 Å². The average molecular weight is 355 g/mol. The molecule has 1 fully saturated rings. The van der Waals surface area contributed by atoms with E-state index >= 15 is 0 Å². The van der Waals surface area contributed by atoms with Crippen LogP contribution in [-0.2, 0) is 6.54 Å². The molecule has 130 valence electrons. The topological polar surface area (TPSA) is 49.6 Å². The van der Waals surface area contributed by atoms with Gasteiger partial charge in [0.05, 0.1) is 0 Å². The van der Waals surface area contributed by atoms with Gasteiger partial charge in [0, 0.05) is 43.5 Å². The van der Waals surface area contributed by atoms with Crippen LogP contribution in [0.25, 0.3) is 10.1 Å². The molecule has 0 radical (unpaired) electrons. The lowest BCUT2D eigenvalue weighted by Gasteiger charge is -2.21. The summed E-state index contributed by atoms with van der Waals surface area (Å²) < 4.78 is 6.37. The Labute approximate surface area is 150 Å². The first-order valence-corrected chi connectivity index (χ1v) is 9.49. The predicted molar refractivity (Wildman–Crippen MR) is 98.9 cm³/mol. The molecule has 0 unspecified atom stereocenters. The number of hydrogen-bond acceptors (Lipinski definition) is 5. The molecule has 0 bridgehead atoms. The summed E-state index contributed by atoms with van der Waals surface area (Å²) in [5.74, 6) is 0.642. The standard InChI is InChI=1S/C19H21N3O2S/c1-14-11-17(20-24-14)19(23)22-8-4-7-21(9-10-22)12-15-13-25-18-6-3-2-5-16(15)18/h2-3,5-6,11,13H,4,7-10,12H2,1H3. The summed E-state index contributed by atoms with van der Waals surface area (Å²) in [5.41, 5.74) is 1.79. The smallest absolute Gasteiger partial charge is 0.276 e. The Bertz CT molecular complexity index is 886. The number of rotatable bonds is 3. The van der Waals surface area contributed by atoms with Gasteiger partial charge in [-0.05, 0) is 35.7 Å². The molecule has 1 aromatic carbocycles. The van der Waals surface area contributed by atoms with E-state index in [2.05, 4.69) is 39.7 Å². The van der Waals surface area contributed by atoms with Crippen molar-refractivity contribution in [3.05, 3.63) is 52.7 Å². The van der Waals surface area contributed by atoms with Crippen molar-refractivity contribution < 1.29 is 9.32 Å². The fourth-order valence-corrected chi connectivity index (χ4v) is 4.31. The van der Waals surface area contributed by atoms with E-state index in [1.54, 1.807) is 24.3 Å². The normalized spacial score (nSPS) is 16.3. The highest BCUT2D eigenvalue weighted by Crippen LogP contribution is 2.27. The van der Waals surface area contributed by atoms with E-state index in [1.807, 2.05) is 4.90 Å². The molecule has 1 aliphatic rings. The van der Waals surface area contributed by atoms with Crippen LogP contribution < -0.4 is 0 Å². The first-order valence-electron chi connectivity index (χ1n) is 8.61. The molecule has 1 aliphatic heterocycles. The number of carbonyl (C=O) groups is 1. The molecule has 0 saturated carbocycles. The molecule has 1 saturated heterocycles. The molecule has 3 heterocycles. The minimum atomic E-state index is -0.0281.